The first-order valence-electron chi connectivity index (χ1n) is 4.56. The van der Waals surface area contributed by atoms with Gasteiger partial charge in [0.05, 0.1) is 5.52 Å². The van der Waals surface area contributed by atoms with Crippen LogP contribution < -0.4 is 4.74 Å². The van der Waals surface area contributed by atoms with Crippen LogP contribution in [0.3, 0.4) is 0 Å². The van der Waals surface area contributed by atoms with Crippen molar-refractivity contribution in [2.24, 2.45) is 0 Å². The molecule has 2 aromatic rings. The van der Waals surface area contributed by atoms with E-state index >= 15 is 0 Å². The molecule has 2 rings (SSSR count). The average Bonchev–Trinajstić information content (AvgIpc) is 2.28. The predicted octanol–water partition coefficient (Wildman–Crippen LogP) is 3.78. The van der Waals surface area contributed by atoms with E-state index < -0.39 is 6.61 Å². The molecule has 0 saturated heterocycles. The summed E-state index contributed by atoms with van der Waals surface area (Å²) >= 11 is 9.15. The fourth-order valence-electron chi connectivity index (χ4n) is 1.35. The molecule has 0 aliphatic heterocycles. The van der Waals surface area contributed by atoms with Crippen LogP contribution in [0.5, 0.6) is 5.75 Å². The number of pyridine rings is 2. The van der Waals surface area contributed by atoms with Crippen molar-refractivity contribution in [3.8, 4) is 5.75 Å². The summed E-state index contributed by atoms with van der Waals surface area (Å²) < 4.78 is 28.7. The van der Waals surface area contributed by atoms with Gasteiger partial charge in [0.1, 0.15) is 10.7 Å². The van der Waals surface area contributed by atoms with Gasteiger partial charge in [0, 0.05) is 23.2 Å². The second kappa shape index (κ2) is 5.10. The number of fused-ring (bicyclic) bond motifs is 1. The highest BCUT2D eigenvalue weighted by Gasteiger charge is 2.12. The van der Waals surface area contributed by atoms with Crippen LogP contribution in [0.1, 0.15) is 5.56 Å². The van der Waals surface area contributed by atoms with Crippen LogP contribution >= 0.6 is 27.5 Å². The fraction of sp³-hybridized carbons (Fsp3) is 0.200. The van der Waals surface area contributed by atoms with Gasteiger partial charge in [-0.25, -0.2) is 4.98 Å². The van der Waals surface area contributed by atoms with Crippen LogP contribution in [0.25, 0.3) is 11.0 Å². The minimum Gasteiger partial charge on any atom is -0.432 e. The van der Waals surface area contributed by atoms with Crippen LogP contribution in [0.4, 0.5) is 8.78 Å². The molecule has 90 valence electrons. The van der Waals surface area contributed by atoms with Gasteiger partial charge in [-0.05, 0) is 6.07 Å². The predicted molar refractivity (Wildman–Crippen MR) is 63.8 cm³/mol. The molecule has 17 heavy (non-hydrogen) atoms. The Kier molecular flexibility index (Phi) is 3.73. The molecular weight excluding hydrogens is 317 g/mol. The minimum absolute atomic E-state index is 0.0342. The number of ether oxygens (including phenoxy) is 1. The van der Waals surface area contributed by atoms with Crippen molar-refractivity contribution in [3.05, 3.63) is 29.0 Å². The Morgan fingerprint density at radius 2 is 2.24 bits per heavy atom. The van der Waals surface area contributed by atoms with Crippen molar-refractivity contribution in [2.45, 2.75) is 11.9 Å². The van der Waals surface area contributed by atoms with Gasteiger partial charge in [0.25, 0.3) is 0 Å². The highest BCUT2D eigenvalue weighted by molar-refractivity contribution is 9.08. The van der Waals surface area contributed by atoms with Crippen LogP contribution in [0, 0.1) is 0 Å². The lowest BCUT2D eigenvalue weighted by Gasteiger charge is -2.08. The smallest absolute Gasteiger partial charge is 0.387 e. The third kappa shape index (κ3) is 2.63. The van der Waals surface area contributed by atoms with Gasteiger partial charge in [-0.2, -0.15) is 8.78 Å². The first kappa shape index (κ1) is 12.4. The monoisotopic (exact) mass is 322 g/mol. The molecule has 2 heterocycles. The van der Waals surface area contributed by atoms with Crippen molar-refractivity contribution in [1.29, 1.82) is 0 Å². The first-order valence-corrected chi connectivity index (χ1v) is 6.06. The van der Waals surface area contributed by atoms with Crippen LogP contribution in [0.15, 0.2) is 18.3 Å². The SMILES string of the molecule is FC(F)Oc1ccnc2cc(CBr)c(Cl)nc12. The molecule has 0 aromatic carbocycles. The lowest BCUT2D eigenvalue weighted by atomic mass is 10.2. The van der Waals surface area contributed by atoms with Gasteiger partial charge in [0.15, 0.2) is 5.75 Å². The van der Waals surface area contributed by atoms with E-state index in [1.807, 2.05) is 0 Å². The zero-order chi connectivity index (χ0) is 12.4. The normalized spacial score (nSPS) is 11.1. The van der Waals surface area contributed by atoms with Crippen LogP contribution in [0.2, 0.25) is 5.15 Å². The highest BCUT2D eigenvalue weighted by Crippen LogP contribution is 2.28. The lowest BCUT2D eigenvalue weighted by Crippen LogP contribution is -2.03. The number of hydrogen-bond donors (Lipinski definition) is 0. The Balaban J connectivity index is 2.60. The highest BCUT2D eigenvalue weighted by atomic mass is 79.9. The summed E-state index contributed by atoms with van der Waals surface area (Å²) in [6, 6.07) is 3.00. The van der Waals surface area contributed by atoms with E-state index in [1.165, 1.54) is 12.3 Å². The molecule has 0 bridgehead atoms. The third-order valence-electron chi connectivity index (χ3n) is 2.06. The maximum absolute atomic E-state index is 12.2. The van der Waals surface area contributed by atoms with Gasteiger partial charge in [-0.3, -0.25) is 4.98 Å². The Labute approximate surface area is 109 Å². The van der Waals surface area contributed by atoms with E-state index in [-0.39, 0.29) is 16.4 Å². The third-order valence-corrected chi connectivity index (χ3v) is 2.99. The maximum Gasteiger partial charge on any atom is 0.387 e. The molecule has 0 fully saturated rings. The summed E-state index contributed by atoms with van der Waals surface area (Å²) in [7, 11) is 0. The van der Waals surface area contributed by atoms with Gasteiger partial charge >= 0.3 is 6.61 Å². The van der Waals surface area contributed by atoms with Crippen molar-refractivity contribution in [2.75, 3.05) is 0 Å². The summed E-state index contributed by atoms with van der Waals surface area (Å²) in [5, 5.41) is 0.748. The van der Waals surface area contributed by atoms with Crippen molar-refractivity contribution in [1.82, 2.24) is 9.97 Å². The summed E-state index contributed by atoms with van der Waals surface area (Å²) in [6.07, 6.45) is 1.38. The first-order chi connectivity index (χ1) is 8.11. The zero-order valence-corrected chi connectivity index (χ0v) is 10.7. The molecular formula is C10H6BrClF2N2O. The molecule has 3 nitrogen and oxygen atoms in total. The van der Waals surface area contributed by atoms with Crippen LogP contribution in [-0.4, -0.2) is 16.6 Å². The number of aromatic nitrogens is 2. The second-order valence-electron chi connectivity index (χ2n) is 3.13. The molecule has 0 atom stereocenters. The molecule has 0 spiro atoms. The fourth-order valence-corrected chi connectivity index (χ4v) is 2.14. The van der Waals surface area contributed by atoms with Gasteiger partial charge in [0.2, 0.25) is 0 Å². The van der Waals surface area contributed by atoms with Crippen molar-refractivity contribution >= 4 is 38.6 Å². The quantitative estimate of drug-likeness (QED) is 0.637. The summed E-state index contributed by atoms with van der Waals surface area (Å²) in [6.45, 7) is -2.91. The van der Waals surface area contributed by atoms with E-state index in [0.717, 1.165) is 5.56 Å². The van der Waals surface area contributed by atoms with E-state index in [2.05, 4.69) is 30.6 Å². The minimum atomic E-state index is -2.91. The number of nitrogens with zero attached hydrogens (tertiary/aromatic N) is 2. The number of halogens is 4. The summed E-state index contributed by atoms with van der Waals surface area (Å²) in [5.41, 5.74) is 1.42. The molecule has 0 aliphatic carbocycles. The van der Waals surface area contributed by atoms with Crippen molar-refractivity contribution < 1.29 is 13.5 Å². The molecule has 0 amide bonds. The Morgan fingerprint density at radius 3 is 2.88 bits per heavy atom. The van der Waals surface area contributed by atoms with Gasteiger partial charge in [-0.15, -0.1) is 0 Å². The summed E-state index contributed by atoms with van der Waals surface area (Å²) in [4.78, 5) is 8.05. The molecule has 7 heteroatoms. The standard InChI is InChI=1S/C10H6BrClF2N2O/c11-4-5-3-6-8(16-9(5)12)7(1-2-15-6)17-10(13)14/h1-3,10H,4H2. The molecule has 2 aromatic heterocycles. The topological polar surface area (TPSA) is 35.0 Å². The number of alkyl halides is 3. The molecule has 0 aliphatic rings. The lowest BCUT2D eigenvalue weighted by molar-refractivity contribution is -0.0489. The molecule has 0 saturated carbocycles. The summed E-state index contributed by atoms with van der Waals surface area (Å²) in [5.74, 6) is -0.0342. The Hall–Kier alpha value is -1.01. The molecule has 0 unspecified atom stereocenters. The molecule has 0 N–H and O–H groups in total. The van der Waals surface area contributed by atoms with E-state index in [0.29, 0.717) is 10.8 Å². The van der Waals surface area contributed by atoms with Gasteiger partial charge < -0.3 is 4.74 Å². The Bertz CT molecular complexity index is 553. The average molecular weight is 324 g/mol. The van der Waals surface area contributed by atoms with E-state index in [4.69, 9.17) is 11.6 Å². The van der Waals surface area contributed by atoms with Gasteiger partial charge in [-0.1, -0.05) is 27.5 Å². The molecule has 0 radical (unpaired) electrons. The number of rotatable bonds is 3. The van der Waals surface area contributed by atoms with E-state index in [9.17, 15) is 8.78 Å². The largest absolute Gasteiger partial charge is 0.432 e. The zero-order valence-electron chi connectivity index (χ0n) is 8.33. The maximum atomic E-state index is 12.2. The second-order valence-corrected chi connectivity index (χ2v) is 4.05. The van der Waals surface area contributed by atoms with Crippen LogP contribution in [-0.2, 0) is 5.33 Å². The van der Waals surface area contributed by atoms with E-state index in [1.54, 1.807) is 6.07 Å². The number of hydrogen-bond acceptors (Lipinski definition) is 3. The van der Waals surface area contributed by atoms with Crippen molar-refractivity contribution in [3.63, 3.8) is 0 Å². The Morgan fingerprint density at radius 1 is 1.47 bits per heavy atom.